The van der Waals surface area contributed by atoms with Gasteiger partial charge in [0.15, 0.2) is 0 Å². The molecule has 1 aromatic carbocycles. The van der Waals surface area contributed by atoms with Crippen molar-refractivity contribution in [3.05, 3.63) is 59.3 Å². The van der Waals surface area contributed by atoms with Gasteiger partial charge in [-0.3, -0.25) is 4.79 Å². The lowest BCUT2D eigenvalue weighted by molar-refractivity contribution is -0.118. The summed E-state index contributed by atoms with van der Waals surface area (Å²) in [5.41, 5.74) is 4.55. The Labute approximate surface area is 102 Å². The second-order valence-electron chi connectivity index (χ2n) is 4.54. The maximum Gasteiger partial charge on any atom is 0.224 e. The van der Waals surface area contributed by atoms with E-state index >= 15 is 0 Å². The van der Waals surface area contributed by atoms with E-state index in [4.69, 9.17) is 0 Å². The van der Waals surface area contributed by atoms with Crippen molar-refractivity contribution in [1.82, 2.24) is 5.32 Å². The number of allylic oxidation sites excluding steroid dienone is 3. The predicted octanol–water partition coefficient (Wildman–Crippen LogP) is 2.89. The molecular weight excluding hydrogens is 210 g/mol. The zero-order chi connectivity index (χ0) is 12.3. The summed E-state index contributed by atoms with van der Waals surface area (Å²) in [4.78, 5) is 11.1. The Bertz CT molecular complexity index is 485. The monoisotopic (exact) mass is 227 g/mol. The molecule has 1 aliphatic rings. The second-order valence-corrected chi connectivity index (χ2v) is 4.54. The lowest BCUT2D eigenvalue weighted by Gasteiger charge is -2.04. The first kappa shape index (κ1) is 11.6. The largest absolute Gasteiger partial charge is 0.330 e. The number of carbonyl (C=O) groups excluding carboxylic acids is 1. The molecule has 17 heavy (non-hydrogen) atoms. The number of carbonyl (C=O) groups is 1. The van der Waals surface area contributed by atoms with Crippen LogP contribution < -0.4 is 5.32 Å². The molecule has 2 heteroatoms. The van der Waals surface area contributed by atoms with Gasteiger partial charge in [0.05, 0.1) is 0 Å². The van der Waals surface area contributed by atoms with Crippen molar-refractivity contribution < 1.29 is 4.79 Å². The fraction of sp³-hybridized carbons (Fsp3) is 0.267. The Hall–Kier alpha value is -1.83. The molecule has 2 rings (SSSR count). The van der Waals surface area contributed by atoms with Crippen molar-refractivity contribution in [2.24, 2.45) is 0 Å². The first-order chi connectivity index (χ1) is 8.13. The summed E-state index contributed by atoms with van der Waals surface area (Å²) in [5, 5.41) is 2.84. The molecule has 1 N–H and O–H groups in total. The number of aryl methyl sites for hydroxylation is 1. The lowest BCUT2D eigenvalue weighted by atomic mass is 10.0. The van der Waals surface area contributed by atoms with Gasteiger partial charge in [-0.05, 0) is 37.0 Å². The van der Waals surface area contributed by atoms with Crippen LogP contribution in [-0.4, -0.2) is 5.91 Å². The molecule has 0 spiro atoms. The first-order valence-electron chi connectivity index (χ1n) is 5.87. The summed E-state index contributed by atoms with van der Waals surface area (Å²) in [6.45, 7) is 6.13. The highest BCUT2D eigenvalue weighted by atomic mass is 16.1. The number of benzene rings is 1. The van der Waals surface area contributed by atoms with Crippen LogP contribution in [0.1, 0.15) is 24.0 Å². The van der Waals surface area contributed by atoms with Crippen molar-refractivity contribution in [2.45, 2.75) is 26.2 Å². The molecule has 0 unspecified atom stereocenters. The van der Waals surface area contributed by atoms with E-state index in [1.165, 1.54) is 11.1 Å². The van der Waals surface area contributed by atoms with Crippen molar-refractivity contribution >= 4 is 5.91 Å². The summed E-state index contributed by atoms with van der Waals surface area (Å²) in [7, 11) is 0. The molecule has 1 aliphatic heterocycles. The van der Waals surface area contributed by atoms with E-state index in [-0.39, 0.29) is 5.91 Å². The van der Waals surface area contributed by atoms with Crippen LogP contribution >= 0.6 is 0 Å². The minimum Gasteiger partial charge on any atom is -0.330 e. The van der Waals surface area contributed by atoms with E-state index < -0.39 is 0 Å². The lowest BCUT2D eigenvalue weighted by Crippen LogP contribution is -2.11. The average Bonchev–Trinajstić information content (AvgIpc) is 2.63. The molecule has 0 saturated carbocycles. The molecule has 1 saturated heterocycles. The van der Waals surface area contributed by atoms with Crippen LogP contribution in [0.2, 0.25) is 0 Å². The maximum absolute atomic E-state index is 11.1. The molecule has 0 atom stereocenters. The number of amides is 1. The molecule has 1 amide bonds. The third kappa shape index (κ3) is 3.31. The zero-order valence-electron chi connectivity index (χ0n) is 10.1. The predicted molar refractivity (Wildman–Crippen MR) is 69.5 cm³/mol. The molecule has 0 radical (unpaired) electrons. The smallest absolute Gasteiger partial charge is 0.224 e. The van der Waals surface area contributed by atoms with Gasteiger partial charge in [-0.25, -0.2) is 0 Å². The summed E-state index contributed by atoms with van der Waals surface area (Å²) >= 11 is 0. The van der Waals surface area contributed by atoms with E-state index in [0.717, 1.165) is 24.1 Å². The van der Waals surface area contributed by atoms with Gasteiger partial charge in [0.2, 0.25) is 5.91 Å². The Morgan fingerprint density at radius 2 is 2.29 bits per heavy atom. The maximum atomic E-state index is 11.1. The van der Waals surface area contributed by atoms with Gasteiger partial charge >= 0.3 is 0 Å². The Morgan fingerprint density at radius 3 is 2.94 bits per heavy atom. The van der Waals surface area contributed by atoms with Crippen LogP contribution in [0.25, 0.3) is 0 Å². The van der Waals surface area contributed by atoms with Crippen molar-refractivity contribution in [3.63, 3.8) is 0 Å². The zero-order valence-corrected chi connectivity index (χ0v) is 10.1. The van der Waals surface area contributed by atoms with Crippen molar-refractivity contribution in [2.75, 3.05) is 0 Å². The number of nitrogens with one attached hydrogen (secondary N) is 1. The molecule has 0 bridgehead atoms. The minimum absolute atomic E-state index is 0.111. The van der Waals surface area contributed by atoms with Crippen LogP contribution in [0.5, 0.6) is 0 Å². The number of hydrogen-bond acceptors (Lipinski definition) is 1. The summed E-state index contributed by atoms with van der Waals surface area (Å²) < 4.78 is 0. The molecule has 0 aromatic heterocycles. The molecule has 1 heterocycles. The average molecular weight is 227 g/mol. The van der Waals surface area contributed by atoms with Gasteiger partial charge in [-0.2, -0.15) is 0 Å². The summed E-state index contributed by atoms with van der Waals surface area (Å²) in [5.74, 6) is 0.111. The third-order valence-corrected chi connectivity index (χ3v) is 2.81. The van der Waals surface area contributed by atoms with Gasteiger partial charge in [0.1, 0.15) is 0 Å². The van der Waals surface area contributed by atoms with Gasteiger partial charge in [0.25, 0.3) is 0 Å². The molecule has 1 fully saturated rings. The standard InChI is InChI=1S/C15H17NO/c1-11-4-3-5-13(8-11)9-12(2)10-14-6-7-15(17)16-14/h3-5,8,10H,2,6-7,9H2,1H3,(H,16,17)/b14-10-. The van der Waals surface area contributed by atoms with Crippen LogP contribution in [0.4, 0.5) is 0 Å². The molecule has 1 aromatic rings. The number of hydrogen-bond donors (Lipinski definition) is 1. The first-order valence-corrected chi connectivity index (χ1v) is 5.87. The molecule has 88 valence electrons. The summed E-state index contributed by atoms with van der Waals surface area (Å²) in [6.07, 6.45) is 4.24. The Morgan fingerprint density at radius 1 is 1.47 bits per heavy atom. The highest BCUT2D eigenvalue weighted by molar-refractivity contribution is 5.81. The second kappa shape index (κ2) is 5.00. The SMILES string of the molecule is C=C(/C=C1/CCC(=O)N1)Cc1cccc(C)c1. The third-order valence-electron chi connectivity index (χ3n) is 2.81. The highest BCUT2D eigenvalue weighted by Gasteiger charge is 2.13. The molecular formula is C15H17NO. The van der Waals surface area contributed by atoms with Gasteiger partial charge in [-0.15, -0.1) is 0 Å². The molecule has 0 aliphatic carbocycles. The van der Waals surface area contributed by atoms with Gasteiger partial charge in [0, 0.05) is 12.1 Å². The quantitative estimate of drug-likeness (QED) is 0.845. The van der Waals surface area contributed by atoms with E-state index in [0.29, 0.717) is 6.42 Å². The summed E-state index contributed by atoms with van der Waals surface area (Å²) in [6, 6.07) is 8.41. The van der Waals surface area contributed by atoms with Crippen LogP contribution in [0.15, 0.2) is 48.2 Å². The minimum atomic E-state index is 0.111. The fourth-order valence-corrected chi connectivity index (χ4v) is 2.04. The van der Waals surface area contributed by atoms with Crippen molar-refractivity contribution in [3.8, 4) is 0 Å². The van der Waals surface area contributed by atoms with Gasteiger partial charge in [-0.1, -0.05) is 36.4 Å². The van der Waals surface area contributed by atoms with Crippen LogP contribution in [0, 0.1) is 6.92 Å². The number of rotatable bonds is 3. The van der Waals surface area contributed by atoms with E-state index in [1.807, 2.05) is 6.08 Å². The van der Waals surface area contributed by atoms with Crippen molar-refractivity contribution in [1.29, 1.82) is 0 Å². The van der Waals surface area contributed by atoms with E-state index in [1.54, 1.807) is 0 Å². The van der Waals surface area contributed by atoms with E-state index in [2.05, 4.69) is 43.1 Å². The Kier molecular flexibility index (Phi) is 3.43. The van der Waals surface area contributed by atoms with Crippen LogP contribution in [-0.2, 0) is 11.2 Å². The van der Waals surface area contributed by atoms with Gasteiger partial charge < -0.3 is 5.32 Å². The van der Waals surface area contributed by atoms with Crippen LogP contribution in [0.3, 0.4) is 0 Å². The van der Waals surface area contributed by atoms with E-state index in [9.17, 15) is 4.79 Å². The fourth-order valence-electron chi connectivity index (χ4n) is 2.04. The Balaban J connectivity index is 2.00. The topological polar surface area (TPSA) is 29.1 Å². The highest BCUT2D eigenvalue weighted by Crippen LogP contribution is 2.15. The normalized spacial score (nSPS) is 17.2. The molecule has 2 nitrogen and oxygen atoms in total.